The van der Waals surface area contributed by atoms with Gasteiger partial charge in [0.25, 0.3) is 0 Å². The van der Waals surface area contributed by atoms with Crippen LogP contribution < -0.4 is 5.73 Å². The van der Waals surface area contributed by atoms with Crippen LogP contribution in [0.3, 0.4) is 0 Å². The Morgan fingerprint density at radius 3 is 2.57 bits per heavy atom. The van der Waals surface area contributed by atoms with Gasteiger partial charge in [0.05, 0.1) is 26.4 Å². The molecule has 0 saturated carbocycles. The van der Waals surface area contributed by atoms with Crippen LogP contribution in [0.5, 0.6) is 0 Å². The summed E-state index contributed by atoms with van der Waals surface area (Å²) in [4.78, 5) is 10.2. The highest BCUT2D eigenvalue weighted by molar-refractivity contribution is 7.84. The van der Waals surface area contributed by atoms with Gasteiger partial charge in [-0.05, 0) is 36.2 Å². The van der Waals surface area contributed by atoms with Gasteiger partial charge in [0.1, 0.15) is 0 Å². The first-order valence-electron chi connectivity index (χ1n) is 6.06. The van der Waals surface area contributed by atoms with E-state index in [1.54, 1.807) is 18.2 Å². The molecule has 0 fully saturated rings. The minimum atomic E-state index is -1.44. The molecule has 2 rings (SSSR count). The van der Waals surface area contributed by atoms with Crippen LogP contribution in [-0.4, -0.2) is 9.13 Å². The van der Waals surface area contributed by atoms with Gasteiger partial charge in [-0.3, -0.25) is 14.3 Å². The molecule has 2 N–H and O–H groups in total. The number of nitrogen functional groups attached to an aromatic ring is 1. The Balaban J connectivity index is 2.23. The number of rotatable bonds is 4. The number of nitro benzene ring substituents is 1. The summed E-state index contributed by atoms with van der Waals surface area (Å²) in [5.74, 6) is -0.895. The van der Waals surface area contributed by atoms with Crippen LogP contribution in [0.25, 0.3) is 0 Å². The lowest BCUT2D eigenvalue weighted by atomic mass is 10.2. The van der Waals surface area contributed by atoms with Gasteiger partial charge in [0, 0.05) is 11.8 Å². The van der Waals surface area contributed by atoms with Crippen LogP contribution in [0.4, 0.5) is 15.8 Å². The van der Waals surface area contributed by atoms with Gasteiger partial charge in [-0.1, -0.05) is 12.1 Å². The van der Waals surface area contributed by atoms with E-state index >= 15 is 0 Å². The summed E-state index contributed by atoms with van der Waals surface area (Å²) in [6.45, 7) is 1.87. The molecule has 0 spiro atoms. The lowest BCUT2D eigenvalue weighted by Crippen LogP contribution is -2.02. The fourth-order valence-corrected chi connectivity index (χ4v) is 3.07. The van der Waals surface area contributed by atoms with Gasteiger partial charge in [-0.25, -0.2) is 0 Å². The molecule has 0 aromatic heterocycles. The van der Waals surface area contributed by atoms with Gasteiger partial charge in [0.15, 0.2) is 0 Å². The normalized spacial score (nSPS) is 12.1. The zero-order valence-electron chi connectivity index (χ0n) is 11.2. The average Bonchev–Trinajstić information content (AvgIpc) is 2.37. The second-order valence-electron chi connectivity index (χ2n) is 4.57. The maximum Gasteiger partial charge on any atom is 0.304 e. The Morgan fingerprint density at radius 2 is 2.00 bits per heavy atom. The first-order valence-corrected chi connectivity index (χ1v) is 7.37. The van der Waals surface area contributed by atoms with Crippen LogP contribution in [0.15, 0.2) is 41.3 Å². The Labute approximate surface area is 123 Å². The minimum absolute atomic E-state index is 0.0438. The van der Waals surface area contributed by atoms with E-state index in [2.05, 4.69) is 0 Å². The molecule has 0 bridgehead atoms. The second-order valence-corrected chi connectivity index (χ2v) is 5.99. The first kappa shape index (κ1) is 15.1. The standard InChI is InChI=1S/C14H13FN2O3S/c1-9-2-5-14(12(16)6-9)21(20)8-10-3-4-13(17(18)19)11(15)7-10/h2-7H,8,16H2,1H3. The fourth-order valence-electron chi connectivity index (χ4n) is 1.89. The van der Waals surface area contributed by atoms with E-state index in [1.807, 2.05) is 6.92 Å². The largest absolute Gasteiger partial charge is 0.398 e. The molecule has 0 amide bonds. The number of nitrogens with two attached hydrogens (primary N) is 1. The summed E-state index contributed by atoms with van der Waals surface area (Å²) < 4.78 is 25.8. The Hall–Kier alpha value is -2.28. The molecule has 0 aliphatic heterocycles. The van der Waals surface area contributed by atoms with Crippen LogP contribution >= 0.6 is 0 Å². The molecule has 0 aliphatic rings. The molecule has 2 aromatic rings. The molecule has 0 saturated heterocycles. The topological polar surface area (TPSA) is 86.2 Å². The third-order valence-corrected chi connectivity index (χ3v) is 4.37. The van der Waals surface area contributed by atoms with Gasteiger partial charge < -0.3 is 5.73 Å². The Kier molecular flexibility index (Phi) is 4.32. The second kappa shape index (κ2) is 6.01. The van der Waals surface area contributed by atoms with E-state index in [1.165, 1.54) is 6.07 Å². The maximum absolute atomic E-state index is 13.5. The molecule has 1 atom stereocenters. The van der Waals surface area contributed by atoms with E-state index in [9.17, 15) is 18.7 Å². The van der Waals surface area contributed by atoms with Crippen molar-refractivity contribution >= 4 is 22.2 Å². The van der Waals surface area contributed by atoms with Crippen molar-refractivity contribution in [2.75, 3.05) is 5.73 Å². The highest BCUT2D eigenvalue weighted by Gasteiger charge is 2.15. The van der Waals surface area contributed by atoms with Crippen molar-refractivity contribution in [2.24, 2.45) is 0 Å². The van der Waals surface area contributed by atoms with Crippen molar-refractivity contribution in [3.63, 3.8) is 0 Å². The van der Waals surface area contributed by atoms with Crippen LogP contribution in [0, 0.1) is 22.9 Å². The summed E-state index contributed by atoms with van der Waals surface area (Å²) in [6, 6.07) is 8.66. The third kappa shape index (κ3) is 3.43. The zero-order valence-corrected chi connectivity index (χ0v) is 12.0. The van der Waals surface area contributed by atoms with Crippen LogP contribution in [0.2, 0.25) is 0 Å². The maximum atomic E-state index is 13.5. The van der Waals surface area contributed by atoms with Crippen molar-refractivity contribution in [1.29, 1.82) is 0 Å². The van der Waals surface area contributed by atoms with Crippen LogP contribution in [-0.2, 0) is 16.6 Å². The van der Waals surface area contributed by atoms with Crippen molar-refractivity contribution in [1.82, 2.24) is 0 Å². The van der Waals surface area contributed by atoms with Gasteiger partial charge in [-0.15, -0.1) is 0 Å². The van der Waals surface area contributed by atoms with Gasteiger partial charge in [-0.2, -0.15) is 4.39 Å². The quantitative estimate of drug-likeness (QED) is 0.534. The van der Waals surface area contributed by atoms with Crippen LogP contribution in [0.1, 0.15) is 11.1 Å². The highest BCUT2D eigenvalue weighted by atomic mass is 32.2. The summed E-state index contributed by atoms with van der Waals surface area (Å²) in [7, 11) is -1.44. The molecule has 7 heteroatoms. The minimum Gasteiger partial charge on any atom is -0.398 e. The summed E-state index contributed by atoms with van der Waals surface area (Å²) in [5, 5.41) is 10.5. The van der Waals surface area contributed by atoms with Crippen molar-refractivity contribution < 1.29 is 13.5 Å². The van der Waals surface area contributed by atoms with E-state index < -0.39 is 27.2 Å². The lowest BCUT2D eigenvalue weighted by molar-refractivity contribution is -0.387. The molecular formula is C14H13FN2O3S. The Bertz CT molecular complexity index is 734. The number of benzene rings is 2. The molecule has 0 aliphatic carbocycles. The molecule has 0 radical (unpaired) electrons. The van der Waals surface area contributed by atoms with Crippen molar-refractivity contribution in [3.05, 3.63) is 63.5 Å². The molecule has 0 heterocycles. The van der Waals surface area contributed by atoms with Crippen molar-refractivity contribution in [2.45, 2.75) is 17.6 Å². The summed E-state index contributed by atoms with van der Waals surface area (Å²) >= 11 is 0. The number of aryl methyl sites for hydroxylation is 1. The number of anilines is 1. The molecular weight excluding hydrogens is 295 g/mol. The fraction of sp³-hybridized carbons (Fsp3) is 0.143. The van der Waals surface area contributed by atoms with Gasteiger partial charge in [0.2, 0.25) is 5.82 Å². The number of hydrogen-bond acceptors (Lipinski definition) is 4. The zero-order chi connectivity index (χ0) is 15.6. The number of halogens is 1. The van der Waals surface area contributed by atoms with Crippen molar-refractivity contribution in [3.8, 4) is 0 Å². The molecule has 21 heavy (non-hydrogen) atoms. The lowest BCUT2D eigenvalue weighted by Gasteiger charge is -2.07. The number of nitrogens with zero attached hydrogens (tertiary/aromatic N) is 1. The number of nitro groups is 1. The van der Waals surface area contributed by atoms with E-state index in [-0.39, 0.29) is 5.75 Å². The smallest absolute Gasteiger partial charge is 0.304 e. The number of hydrogen-bond donors (Lipinski definition) is 1. The van der Waals surface area contributed by atoms with E-state index in [0.717, 1.165) is 17.7 Å². The average molecular weight is 308 g/mol. The predicted molar refractivity (Wildman–Crippen MR) is 78.8 cm³/mol. The third-order valence-electron chi connectivity index (χ3n) is 2.92. The molecule has 1 unspecified atom stereocenters. The molecule has 110 valence electrons. The molecule has 2 aromatic carbocycles. The molecule has 5 nitrogen and oxygen atoms in total. The summed E-state index contributed by atoms with van der Waals surface area (Å²) in [5.41, 5.74) is 6.99. The van der Waals surface area contributed by atoms with E-state index in [0.29, 0.717) is 16.1 Å². The SMILES string of the molecule is Cc1ccc(S(=O)Cc2ccc([N+](=O)[O-])c(F)c2)c(N)c1. The van der Waals surface area contributed by atoms with E-state index in [4.69, 9.17) is 5.73 Å². The Morgan fingerprint density at radius 1 is 1.29 bits per heavy atom. The summed E-state index contributed by atoms with van der Waals surface area (Å²) in [6.07, 6.45) is 0. The predicted octanol–water partition coefficient (Wildman–Crippen LogP) is 2.93. The highest BCUT2D eigenvalue weighted by Crippen LogP contribution is 2.23. The van der Waals surface area contributed by atoms with Gasteiger partial charge >= 0.3 is 5.69 Å². The monoisotopic (exact) mass is 308 g/mol. The first-order chi connectivity index (χ1) is 9.88.